The molecule has 6 heteroatoms. The quantitative estimate of drug-likeness (QED) is 0.742. The summed E-state index contributed by atoms with van der Waals surface area (Å²) in [6.45, 7) is 3.28. The summed E-state index contributed by atoms with van der Waals surface area (Å²) in [6, 6.07) is 3.85. The molecule has 3 heterocycles. The van der Waals surface area contributed by atoms with Crippen LogP contribution in [0.2, 0.25) is 0 Å². The molecule has 6 nitrogen and oxygen atoms in total. The van der Waals surface area contributed by atoms with Crippen LogP contribution in [0, 0.1) is 0 Å². The minimum absolute atomic E-state index is 0.102. The number of rotatable bonds is 2. The van der Waals surface area contributed by atoms with E-state index < -0.39 is 0 Å². The average molecular weight is 261 g/mol. The molecule has 0 radical (unpaired) electrons. The summed E-state index contributed by atoms with van der Waals surface area (Å²) < 4.78 is 0. The zero-order valence-corrected chi connectivity index (χ0v) is 10.8. The second-order valence-electron chi connectivity index (χ2n) is 5.31. The fourth-order valence-electron chi connectivity index (χ4n) is 2.99. The van der Waals surface area contributed by atoms with E-state index in [1.165, 1.54) is 0 Å². The summed E-state index contributed by atoms with van der Waals surface area (Å²) in [5.41, 5.74) is 12.7. The largest absolute Gasteiger partial charge is 0.383 e. The minimum Gasteiger partial charge on any atom is -0.383 e. The maximum atomic E-state index is 11.8. The number of carbonyl (C=O) groups is 1. The van der Waals surface area contributed by atoms with E-state index in [1.807, 2.05) is 17.0 Å². The summed E-state index contributed by atoms with van der Waals surface area (Å²) in [7, 11) is 0. The van der Waals surface area contributed by atoms with Gasteiger partial charge in [0.25, 0.3) is 0 Å². The highest BCUT2D eigenvalue weighted by Crippen LogP contribution is 2.23. The number of piperazine rings is 1. The normalized spacial score (nSPS) is 27.6. The molecule has 2 atom stereocenters. The first-order valence-corrected chi connectivity index (χ1v) is 6.63. The Hall–Kier alpha value is -1.66. The number of carbonyl (C=O) groups excluding carboxylic acids is 1. The Kier molecular flexibility index (Phi) is 3.12. The highest BCUT2D eigenvalue weighted by molar-refractivity contribution is 5.84. The number of aromatic nitrogens is 1. The molecule has 4 N–H and O–H groups in total. The van der Waals surface area contributed by atoms with Crippen molar-refractivity contribution < 1.29 is 4.79 Å². The molecule has 0 bridgehead atoms. The van der Waals surface area contributed by atoms with Gasteiger partial charge in [0.15, 0.2) is 0 Å². The lowest BCUT2D eigenvalue weighted by Crippen LogP contribution is -2.51. The number of pyridine rings is 1. The van der Waals surface area contributed by atoms with Crippen LogP contribution in [0.1, 0.15) is 12.0 Å². The van der Waals surface area contributed by atoms with Gasteiger partial charge in [0.1, 0.15) is 5.82 Å². The molecule has 3 rings (SSSR count). The summed E-state index contributed by atoms with van der Waals surface area (Å²) in [6.07, 6.45) is 2.46. The maximum absolute atomic E-state index is 11.8. The summed E-state index contributed by atoms with van der Waals surface area (Å²) in [4.78, 5) is 20.2. The Bertz CT molecular complexity index is 492. The van der Waals surface area contributed by atoms with Crippen LogP contribution in [0.5, 0.6) is 0 Å². The molecule has 2 fully saturated rings. The molecule has 2 unspecified atom stereocenters. The molecule has 0 aliphatic carbocycles. The number of anilines is 1. The van der Waals surface area contributed by atoms with Gasteiger partial charge in [0.05, 0.1) is 6.04 Å². The Labute approximate surface area is 112 Å². The van der Waals surface area contributed by atoms with Crippen LogP contribution in [-0.4, -0.2) is 52.4 Å². The number of nitrogen functional groups attached to an aromatic ring is 1. The van der Waals surface area contributed by atoms with Gasteiger partial charge in [-0.2, -0.15) is 0 Å². The van der Waals surface area contributed by atoms with E-state index >= 15 is 0 Å². The number of nitrogens with zero attached hydrogens (tertiary/aromatic N) is 3. The predicted octanol–water partition coefficient (Wildman–Crippen LogP) is -0.592. The average Bonchev–Trinajstić information content (AvgIpc) is 2.68. The van der Waals surface area contributed by atoms with Crippen LogP contribution in [0.25, 0.3) is 0 Å². The van der Waals surface area contributed by atoms with Crippen molar-refractivity contribution in [3.63, 3.8) is 0 Å². The van der Waals surface area contributed by atoms with E-state index in [0.717, 1.165) is 38.2 Å². The molecule has 1 aromatic heterocycles. The smallest absolute Gasteiger partial charge is 0.239 e. The van der Waals surface area contributed by atoms with E-state index in [9.17, 15) is 4.79 Å². The first-order valence-electron chi connectivity index (χ1n) is 6.63. The van der Waals surface area contributed by atoms with Crippen LogP contribution < -0.4 is 11.5 Å². The van der Waals surface area contributed by atoms with Gasteiger partial charge in [-0.05, 0) is 12.5 Å². The standard InChI is InChI=1S/C13H19N5O/c14-11-6-10-8-17(4-5-18(10)13(11)19)7-9-2-1-3-16-12(9)15/h1-3,10-11H,4-8,14H2,(H2,15,16). The maximum Gasteiger partial charge on any atom is 0.239 e. The van der Waals surface area contributed by atoms with E-state index in [1.54, 1.807) is 6.20 Å². The monoisotopic (exact) mass is 261 g/mol. The third-order valence-electron chi connectivity index (χ3n) is 4.01. The van der Waals surface area contributed by atoms with Crippen LogP contribution in [0.15, 0.2) is 18.3 Å². The Morgan fingerprint density at radius 2 is 2.26 bits per heavy atom. The topological polar surface area (TPSA) is 88.5 Å². The van der Waals surface area contributed by atoms with E-state index in [0.29, 0.717) is 5.82 Å². The third-order valence-corrected chi connectivity index (χ3v) is 4.01. The molecule has 1 amide bonds. The highest BCUT2D eigenvalue weighted by Gasteiger charge is 2.40. The van der Waals surface area contributed by atoms with Gasteiger partial charge in [-0.1, -0.05) is 6.07 Å². The van der Waals surface area contributed by atoms with Crippen molar-refractivity contribution in [2.75, 3.05) is 25.4 Å². The van der Waals surface area contributed by atoms with Crippen LogP contribution in [0.3, 0.4) is 0 Å². The summed E-state index contributed by atoms with van der Waals surface area (Å²) in [5.74, 6) is 0.690. The fraction of sp³-hybridized carbons (Fsp3) is 0.538. The van der Waals surface area contributed by atoms with Crippen molar-refractivity contribution in [2.24, 2.45) is 5.73 Å². The Morgan fingerprint density at radius 1 is 1.42 bits per heavy atom. The molecule has 0 spiro atoms. The third kappa shape index (κ3) is 2.29. The van der Waals surface area contributed by atoms with Gasteiger partial charge in [-0.15, -0.1) is 0 Å². The molecular formula is C13H19N5O. The molecule has 1 aromatic rings. The van der Waals surface area contributed by atoms with Gasteiger partial charge in [0, 0.05) is 44.0 Å². The predicted molar refractivity (Wildman–Crippen MR) is 72.0 cm³/mol. The number of nitrogens with two attached hydrogens (primary N) is 2. The summed E-state index contributed by atoms with van der Waals surface area (Å²) in [5, 5.41) is 0. The van der Waals surface area contributed by atoms with E-state index in [2.05, 4.69) is 9.88 Å². The molecule has 102 valence electrons. The lowest BCUT2D eigenvalue weighted by Gasteiger charge is -2.37. The van der Waals surface area contributed by atoms with Crippen molar-refractivity contribution in [3.05, 3.63) is 23.9 Å². The summed E-state index contributed by atoms with van der Waals surface area (Å²) >= 11 is 0. The van der Waals surface area contributed by atoms with Crippen molar-refractivity contribution >= 4 is 11.7 Å². The molecule has 0 saturated carbocycles. The second kappa shape index (κ2) is 4.79. The van der Waals surface area contributed by atoms with E-state index in [-0.39, 0.29) is 18.0 Å². The van der Waals surface area contributed by atoms with Crippen molar-refractivity contribution in [1.29, 1.82) is 0 Å². The second-order valence-corrected chi connectivity index (χ2v) is 5.31. The zero-order chi connectivity index (χ0) is 13.4. The lowest BCUT2D eigenvalue weighted by molar-refractivity contribution is -0.131. The van der Waals surface area contributed by atoms with E-state index in [4.69, 9.17) is 11.5 Å². The highest BCUT2D eigenvalue weighted by atomic mass is 16.2. The number of hydrogen-bond acceptors (Lipinski definition) is 5. The number of fused-ring (bicyclic) bond motifs is 1. The van der Waals surface area contributed by atoms with Gasteiger partial charge in [-0.3, -0.25) is 9.69 Å². The van der Waals surface area contributed by atoms with Crippen molar-refractivity contribution in [1.82, 2.24) is 14.8 Å². The first kappa shape index (κ1) is 12.4. The van der Waals surface area contributed by atoms with Gasteiger partial charge in [-0.25, -0.2) is 4.98 Å². The molecule has 2 aliphatic heterocycles. The van der Waals surface area contributed by atoms with Crippen LogP contribution in [-0.2, 0) is 11.3 Å². The van der Waals surface area contributed by atoms with Crippen molar-refractivity contribution in [3.8, 4) is 0 Å². The zero-order valence-electron chi connectivity index (χ0n) is 10.8. The molecule has 2 saturated heterocycles. The molecular weight excluding hydrogens is 242 g/mol. The van der Waals surface area contributed by atoms with Gasteiger partial charge >= 0.3 is 0 Å². The number of hydrogen-bond donors (Lipinski definition) is 2. The van der Waals surface area contributed by atoms with Crippen LogP contribution >= 0.6 is 0 Å². The Morgan fingerprint density at radius 3 is 3.05 bits per heavy atom. The lowest BCUT2D eigenvalue weighted by atomic mass is 10.1. The SMILES string of the molecule is Nc1ncccc1CN1CCN2C(=O)C(N)CC2C1. The van der Waals surface area contributed by atoms with Gasteiger partial charge in [0.2, 0.25) is 5.91 Å². The fourth-order valence-corrected chi connectivity index (χ4v) is 2.99. The van der Waals surface area contributed by atoms with Gasteiger partial charge < -0.3 is 16.4 Å². The number of amides is 1. The first-order chi connectivity index (χ1) is 9.15. The Balaban J connectivity index is 1.66. The van der Waals surface area contributed by atoms with Crippen molar-refractivity contribution in [2.45, 2.75) is 25.0 Å². The van der Waals surface area contributed by atoms with Crippen LogP contribution in [0.4, 0.5) is 5.82 Å². The molecule has 0 aromatic carbocycles. The molecule has 2 aliphatic rings. The molecule has 19 heavy (non-hydrogen) atoms. The minimum atomic E-state index is -0.312.